The molecule has 1 aromatic carbocycles. The zero-order valence-electron chi connectivity index (χ0n) is 18.4. The Labute approximate surface area is 184 Å². The van der Waals surface area contributed by atoms with Crippen molar-refractivity contribution < 1.29 is 0 Å². The fourth-order valence-electron chi connectivity index (χ4n) is 3.62. The van der Waals surface area contributed by atoms with Gasteiger partial charge in [0.05, 0.1) is 5.36 Å². The Hall–Kier alpha value is -1.54. The summed E-state index contributed by atoms with van der Waals surface area (Å²) in [5, 5.41) is 1.10. The molecule has 0 saturated carbocycles. The maximum Gasteiger partial charge on any atom is 0.0603 e. The van der Waals surface area contributed by atoms with Crippen molar-refractivity contribution in [3.05, 3.63) is 65.8 Å². The summed E-state index contributed by atoms with van der Waals surface area (Å²) in [6.07, 6.45) is 21.0. The zero-order valence-corrected chi connectivity index (χ0v) is 19.2. The lowest BCUT2D eigenvalue weighted by molar-refractivity contribution is 0.545. The first-order chi connectivity index (χ1) is 13.9. The molecule has 162 valence electrons. The highest BCUT2D eigenvalue weighted by atomic mass is 35.5. The number of pyridine rings is 1. The van der Waals surface area contributed by atoms with Gasteiger partial charge in [-0.1, -0.05) is 108 Å². The van der Waals surface area contributed by atoms with Gasteiger partial charge in [0, 0.05) is 25.5 Å². The maximum absolute atomic E-state index is 4.72. The second-order valence-electron chi connectivity index (χ2n) is 7.99. The lowest BCUT2D eigenvalue weighted by atomic mass is 10.1. The highest BCUT2D eigenvalue weighted by molar-refractivity contribution is 5.85. The molecule has 0 radical (unpaired) electrons. The monoisotopic (exact) mass is 416 g/mol. The summed E-state index contributed by atoms with van der Waals surface area (Å²) in [6, 6.07) is 14.8. The van der Waals surface area contributed by atoms with Crippen LogP contribution in [0.15, 0.2) is 59.9 Å². The van der Waals surface area contributed by atoms with Crippen molar-refractivity contribution in [2.75, 3.05) is 6.54 Å². The van der Waals surface area contributed by atoms with E-state index in [1.54, 1.807) is 0 Å². The van der Waals surface area contributed by atoms with Gasteiger partial charge in [-0.05, 0) is 24.1 Å². The summed E-state index contributed by atoms with van der Waals surface area (Å²) in [4.78, 5) is 4.72. The molecule has 29 heavy (non-hydrogen) atoms. The molecule has 1 heterocycles. The van der Waals surface area contributed by atoms with Crippen molar-refractivity contribution >= 4 is 12.4 Å². The standard InChI is InChI=1S/C26H40N2.ClH/c1-2-3-4-5-6-7-8-9-10-11-12-16-21-27-26-19-22-28(23-20-26)24-25-17-14-13-15-18-25;/h13-15,17-20,22-23H,2-12,16,21,24H2,1H3;1H. The Morgan fingerprint density at radius 3 is 1.72 bits per heavy atom. The Morgan fingerprint density at radius 2 is 1.17 bits per heavy atom. The highest BCUT2D eigenvalue weighted by Gasteiger charge is 1.94. The fourth-order valence-corrected chi connectivity index (χ4v) is 3.62. The molecule has 0 aliphatic rings. The molecular weight excluding hydrogens is 376 g/mol. The summed E-state index contributed by atoms with van der Waals surface area (Å²) in [5.74, 6) is 0. The second-order valence-corrected chi connectivity index (χ2v) is 7.99. The summed E-state index contributed by atoms with van der Waals surface area (Å²) in [5.41, 5.74) is 1.33. The van der Waals surface area contributed by atoms with Crippen molar-refractivity contribution in [1.29, 1.82) is 0 Å². The molecule has 0 spiro atoms. The van der Waals surface area contributed by atoms with Crippen LogP contribution in [0.4, 0.5) is 0 Å². The number of halogens is 1. The van der Waals surface area contributed by atoms with Gasteiger partial charge in [0.25, 0.3) is 0 Å². The minimum Gasteiger partial charge on any atom is -0.350 e. The molecule has 0 aliphatic carbocycles. The van der Waals surface area contributed by atoms with Crippen molar-refractivity contribution in [2.24, 2.45) is 4.99 Å². The molecule has 0 fully saturated rings. The second kappa shape index (κ2) is 17.3. The Bertz CT molecular complexity index is 658. The predicted octanol–water partition coefficient (Wildman–Crippen LogP) is 7.56. The number of benzene rings is 1. The van der Waals surface area contributed by atoms with Gasteiger partial charge in [-0.15, -0.1) is 12.4 Å². The van der Waals surface area contributed by atoms with Gasteiger partial charge in [-0.3, -0.25) is 4.99 Å². The minimum absolute atomic E-state index is 0. The number of hydrogen-bond donors (Lipinski definition) is 0. The van der Waals surface area contributed by atoms with Gasteiger partial charge in [0.15, 0.2) is 0 Å². The average molecular weight is 417 g/mol. The number of rotatable bonds is 15. The van der Waals surface area contributed by atoms with E-state index in [1.807, 2.05) is 0 Å². The van der Waals surface area contributed by atoms with E-state index in [1.165, 1.54) is 82.6 Å². The van der Waals surface area contributed by atoms with E-state index in [0.717, 1.165) is 18.4 Å². The fraction of sp³-hybridized carbons (Fsp3) is 0.577. The molecule has 2 rings (SSSR count). The van der Waals surface area contributed by atoms with Gasteiger partial charge in [-0.25, -0.2) is 0 Å². The molecule has 2 nitrogen and oxygen atoms in total. The molecule has 0 amide bonds. The third kappa shape index (κ3) is 12.6. The van der Waals surface area contributed by atoms with Gasteiger partial charge in [0.2, 0.25) is 0 Å². The lowest BCUT2D eigenvalue weighted by Gasteiger charge is -2.05. The minimum atomic E-state index is 0. The van der Waals surface area contributed by atoms with Gasteiger partial charge < -0.3 is 4.57 Å². The highest BCUT2D eigenvalue weighted by Crippen LogP contribution is 2.11. The van der Waals surface area contributed by atoms with Crippen LogP contribution in [0.5, 0.6) is 0 Å². The van der Waals surface area contributed by atoms with Gasteiger partial charge in [0.1, 0.15) is 0 Å². The van der Waals surface area contributed by atoms with Crippen LogP contribution in [0.25, 0.3) is 0 Å². The van der Waals surface area contributed by atoms with Crippen LogP contribution < -0.4 is 5.36 Å². The van der Waals surface area contributed by atoms with Crippen LogP contribution in [0.3, 0.4) is 0 Å². The zero-order chi connectivity index (χ0) is 19.7. The quantitative estimate of drug-likeness (QED) is 0.266. The topological polar surface area (TPSA) is 17.3 Å². The Morgan fingerprint density at radius 1 is 0.655 bits per heavy atom. The third-order valence-electron chi connectivity index (χ3n) is 5.39. The molecule has 0 N–H and O–H groups in total. The van der Waals surface area contributed by atoms with E-state index < -0.39 is 0 Å². The molecule has 0 unspecified atom stereocenters. The first-order valence-electron chi connectivity index (χ1n) is 11.6. The van der Waals surface area contributed by atoms with Crippen LogP contribution in [0, 0.1) is 0 Å². The predicted molar refractivity (Wildman–Crippen MR) is 129 cm³/mol. The Balaban J connectivity index is 0.00000420. The molecular formula is C26H41ClN2. The average Bonchev–Trinajstić information content (AvgIpc) is 2.73. The van der Waals surface area contributed by atoms with Crippen LogP contribution >= 0.6 is 12.4 Å². The summed E-state index contributed by atoms with van der Waals surface area (Å²) < 4.78 is 2.21. The van der Waals surface area contributed by atoms with E-state index in [0.29, 0.717) is 0 Å². The Kier molecular flexibility index (Phi) is 15.2. The molecule has 0 aliphatic heterocycles. The third-order valence-corrected chi connectivity index (χ3v) is 5.39. The first-order valence-corrected chi connectivity index (χ1v) is 11.6. The lowest BCUT2D eigenvalue weighted by Crippen LogP contribution is -2.07. The molecule has 3 heteroatoms. The maximum atomic E-state index is 4.72. The summed E-state index contributed by atoms with van der Waals surface area (Å²) in [6.45, 7) is 4.16. The first kappa shape index (κ1) is 25.5. The number of hydrogen-bond acceptors (Lipinski definition) is 1. The molecule has 1 aromatic heterocycles. The molecule has 2 aromatic rings. The molecule has 0 bridgehead atoms. The number of aromatic nitrogens is 1. The van der Waals surface area contributed by atoms with Crippen molar-refractivity contribution in [1.82, 2.24) is 4.57 Å². The largest absolute Gasteiger partial charge is 0.350 e. The van der Waals surface area contributed by atoms with Crippen LogP contribution in [-0.2, 0) is 6.54 Å². The van der Waals surface area contributed by atoms with Crippen LogP contribution in [-0.4, -0.2) is 11.1 Å². The van der Waals surface area contributed by atoms with E-state index in [-0.39, 0.29) is 12.4 Å². The normalized spacial score (nSPS) is 10.5. The van der Waals surface area contributed by atoms with Crippen molar-refractivity contribution in [3.8, 4) is 0 Å². The van der Waals surface area contributed by atoms with Gasteiger partial charge in [-0.2, -0.15) is 0 Å². The van der Waals surface area contributed by atoms with E-state index in [2.05, 4.69) is 66.3 Å². The van der Waals surface area contributed by atoms with Crippen LogP contribution in [0.2, 0.25) is 0 Å². The smallest absolute Gasteiger partial charge is 0.0603 e. The van der Waals surface area contributed by atoms with Gasteiger partial charge >= 0.3 is 0 Å². The molecule has 0 saturated heterocycles. The SMILES string of the molecule is CCCCCCCCCCCCCCN=c1ccn(Cc2ccccc2)cc1.Cl. The number of nitrogens with zero attached hydrogens (tertiary/aromatic N) is 2. The molecule has 0 atom stereocenters. The van der Waals surface area contributed by atoms with Crippen LogP contribution in [0.1, 0.15) is 89.5 Å². The van der Waals surface area contributed by atoms with E-state index in [9.17, 15) is 0 Å². The number of unbranched alkanes of at least 4 members (excludes halogenated alkanes) is 11. The van der Waals surface area contributed by atoms with E-state index in [4.69, 9.17) is 4.99 Å². The summed E-state index contributed by atoms with van der Waals surface area (Å²) >= 11 is 0. The van der Waals surface area contributed by atoms with Crippen molar-refractivity contribution in [3.63, 3.8) is 0 Å². The summed E-state index contributed by atoms with van der Waals surface area (Å²) in [7, 11) is 0. The van der Waals surface area contributed by atoms with Crippen molar-refractivity contribution in [2.45, 2.75) is 90.5 Å². The van der Waals surface area contributed by atoms with E-state index >= 15 is 0 Å².